The molecule has 0 fully saturated rings. The van der Waals surface area contributed by atoms with E-state index < -0.39 is 5.91 Å². The summed E-state index contributed by atoms with van der Waals surface area (Å²) >= 11 is 0. The molecule has 2 N–H and O–H groups in total. The van der Waals surface area contributed by atoms with Crippen LogP contribution in [0.15, 0.2) is 36.9 Å². The van der Waals surface area contributed by atoms with Crippen LogP contribution in [-0.4, -0.2) is 31.0 Å². The molecule has 0 radical (unpaired) electrons. The molecule has 0 aliphatic rings. The molecule has 25 heavy (non-hydrogen) atoms. The van der Waals surface area contributed by atoms with E-state index in [2.05, 4.69) is 46.4 Å². The van der Waals surface area contributed by atoms with E-state index >= 15 is 0 Å². The van der Waals surface area contributed by atoms with Gasteiger partial charge in [-0.3, -0.25) is 14.3 Å². The topological polar surface area (TPSA) is 84.7 Å². The first-order chi connectivity index (χ1) is 11.9. The summed E-state index contributed by atoms with van der Waals surface area (Å²) < 4.78 is 1.81. The first kappa shape index (κ1) is 16.5. The highest BCUT2D eigenvalue weighted by atomic mass is 16.1. The third-order valence-corrected chi connectivity index (χ3v) is 3.31. The van der Waals surface area contributed by atoms with E-state index in [9.17, 15) is 4.79 Å². The van der Waals surface area contributed by atoms with Crippen molar-refractivity contribution in [2.45, 2.75) is 26.3 Å². The van der Waals surface area contributed by atoms with Gasteiger partial charge in [0.1, 0.15) is 12.1 Å². The monoisotopic (exact) mass is 334 g/mol. The molecule has 3 aromatic rings. The number of carbonyl (C=O) groups is 1. The lowest BCUT2D eigenvalue weighted by Crippen LogP contribution is -2.26. The maximum absolute atomic E-state index is 11.4. The zero-order chi connectivity index (χ0) is 18.0. The van der Waals surface area contributed by atoms with Gasteiger partial charge in [-0.05, 0) is 44.9 Å². The molecular formula is C18H18N6O. The van der Waals surface area contributed by atoms with E-state index in [0.717, 1.165) is 11.0 Å². The number of rotatable bonds is 3. The van der Waals surface area contributed by atoms with Crippen LogP contribution in [0.1, 0.15) is 20.8 Å². The molecule has 0 aliphatic heterocycles. The summed E-state index contributed by atoms with van der Waals surface area (Å²) in [6.45, 7) is 6.15. The van der Waals surface area contributed by atoms with Crippen LogP contribution in [0.2, 0.25) is 0 Å². The molecule has 0 atom stereocenters. The van der Waals surface area contributed by atoms with Gasteiger partial charge in [0, 0.05) is 11.2 Å². The summed E-state index contributed by atoms with van der Waals surface area (Å²) in [5.74, 6) is 2.82. The lowest BCUT2D eigenvalue weighted by Gasteiger charge is -2.21. The van der Waals surface area contributed by atoms with Crippen molar-refractivity contribution in [1.29, 1.82) is 0 Å². The van der Waals surface area contributed by atoms with E-state index in [4.69, 9.17) is 6.42 Å². The molecule has 1 aromatic carbocycles. The molecule has 7 heteroatoms. The number of amides is 1. The zero-order valence-electron chi connectivity index (χ0n) is 14.2. The fraction of sp³-hybridized carbons (Fsp3) is 0.222. The highest BCUT2D eigenvalue weighted by Crippen LogP contribution is 2.22. The molecule has 126 valence electrons. The Labute approximate surface area is 145 Å². The van der Waals surface area contributed by atoms with Crippen molar-refractivity contribution in [3.63, 3.8) is 0 Å². The van der Waals surface area contributed by atoms with Gasteiger partial charge in [0.15, 0.2) is 5.82 Å². The standard InChI is InChI=1S/C18H18N6O/c1-5-17(25)21-12-6-7-13-14(8-12)24(11-20-13)16-10-19-9-15(22-16)23-18(2,3)4/h1,6-11H,2-4H3,(H,21,25)(H,22,23). The number of hydrogen-bond acceptors (Lipinski definition) is 5. The van der Waals surface area contributed by atoms with Gasteiger partial charge in [-0.25, -0.2) is 9.97 Å². The number of benzene rings is 1. The van der Waals surface area contributed by atoms with E-state index in [-0.39, 0.29) is 5.54 Å². The van der Waals surface area contributed by atoms with Gasteiger partial charge in [0.25, 0.3) is 5.91 Å². The second-order valence-electron chi connectivity index (χ2n) is 6.55. The summed E-state index contributed by atoms with van der Waals surface area (Å²) in [5.41, 5.74) is 2.03. The highest BCUT2D eigenvalue weighted by molar-refractivity contribution is 6.04. The molecule has 7 nitrogen and oxygen atoms in total. The summed E-state index contributed by atoms with van der Waals surface area (Å²) in [6, 6.07) is 5.35. The van der Waals surface area contributed by atoms with Crippen LogP contribution in [0, 0.1) is 12.3 Å². The molecule has 3 rings (SSSR count). The maximum Gasteiger partial charge on any atom is 0.300 e. The largest absolute Gasteiger partial charge is 0.364 e. The van der Waals surface area contributed by atoms with Gasteiger partial charge in [0.2, 0.25) is 0 Å². The second-order valence-corrected chi connectivity index (χ2v) is 6.55. The summed E-state index contributed by atoms with van der Waals surface area (Å²) in [4.78, 5) is 24.6. The van der Waals surface area contributed by atoms with Crippen LogP contribution in [-0.2, 0) is 4.79 Å². The molecule has 0 unspecified atom stereocenters. The number of nitrogens with one attached hydrogen (secondary N) is 2. The van der Waals surface area contributed by atoms with E-state index in [0.29, 0.717) is 17.3 Å². The third kappa shape index (κ3) is 3.75. The Morgan fingerprint density at radius 3 is 2.80 bits per heavy atom. The molecule has 0 saturated carbocycles. The minimum absolute atomic E-state index is 0.128. The van der Waals surface area contributed by atoms with Crippen molar-refractivity contribution < 1.29 is 4.79 Å². The Morgan fingerprint density at radius 1 is 1.28 bits per heavy atom. The SMILES string of the molecule is C#CC(=O)Nc1ccc2ncn(-c3cncc(NC(C)(C)C)n3)c2c1. The molecule has 0 saturated heterocycles. The van der Waals surface area contributed by atoms with Crippen molar-refractivity contribution in [3.8, 4) is 18.2 Å². The number of fused-ring (bicyclic) bond motifs is 1. The highest BCUT2D eigenvalue weighted by Gasteiger charge is 2.12. The number of imidazole rings is 1. The van der Waals surface area contributed by atoms with Gasteiger partial charge >= 0.3 is 0 Å². The number of hydrogen-bond donors (Lipinski definition) is 2. The second kappa shape index (κ2) is 6.24. The predicted molar refractivity (Wildman–Crippen MR) is 97.5 cm³/mol. The van der Waals surface area contributed by atoms with E-state index in [1.807, 2.05) is 16.6 Å². The van der Waals surface area contributed by atoms with Gasteiger partial charge in [0.05, 0.1) is 23.4 Å². The van der Waals surface area contributed by atoms with Crippen molar-refractivity contribution in [2.24, 2.45) is 0 Å². The van der Waals surface area contributed by atoms with Gasteiger partial charge in [-0.15, -0.1) is 6.42 Å². The third-order valence-electron chi connectivity index (χ3n) is 3.31. The maximum atomic E-state index is 11.4. The number of terminal acetylenes is 1. The average molecular weight is 334 g/mol. The molecule has 2 heterocycles. The minimum Gasteiger partial charge on any atom is -0.364 e. The Hall–Kier alpha value is -3.40. The molecule has 0 aliphatic carbocycles. The Balaban J connectivity index is 2.01. The smallest absolute Gasteiger partial charge is 0.300 e. The Kier molecular flexibility index (Phi) is 4.11. The molecular weight excluding hydrogens is 316 g/mol. The fourth-order valence-corrected chi connectivity index (χ4v) is 2.35. The number of anilines is 2. The van der Waals surface area contributed by atoms with Crippen LogP contribution in [0.3, 0.4) is 0 Å². The van der Waals surface area contributed by atoms with Crippen molar-refractivity contribution >= 4 is 28.4 Å². The minimum atomic E-state index is -0.499. The number of carbonyl (C=O) groups excluding carboxylic acids is 1. The molecule has 1 amide bonds. The van der Waals surface area contributed by atoms with Crippen molar-refractivity contribution in [2.75, 3.05) is 10.6 Å². The zero-order valence-corrected chi connectivity index (χ0v) is 14.2. The van der Waals surface area contributed by atoms with E-state index in [1.165, 1.54) is 0 Å². The Bertz CT molecular complexity index is 977. The van der Waals surface area contributed by atoms with E-state index in [1.54, 1.807) is 30.9 Å². The first-order valence-electron chi connectivity index (χ1n) is 7.71. The molecule has 0 bridgehead atoms. The van der Waals surface area contributed by atoms with Gasteiger partial charge in [-0.1, -0.05) is 0 Å². The van der Waals surface area contributed by atoms with Crippen molar-refractivity contribution in [1.82, 2.24) is 19.5 Å². The normalized spacial score (nSPS) is 11.1. The lowest BCUT2D eigenvalue weighted by molar-refractivity contribution is -0.111. The quantitative estimate of drug-likeness (QED) is 0.719. The van der Waals surface area contributed by atoms with Crippen LogP contribution in [0.25, 0.3) is 16.9 Å². The van der Waals surface area contributed by atoms with Crippen LogP contribution in [0.5, 0.6) is 0 Å². The summed E-state index contributed by atoms with van der Waals surface area (Å²) in [6.07, 6.45) is 10.1. The Morgan fingerprint density at radius 2 is 2.08 bits per heavy atom. The summed E-state index contributed by atoms with van der Waals surface area (Å²) in [7, 11) is 0. The van der Waals surface area contributed by atoms with Gasteiger partial charge in [-0.2, -0.15) is 0 Å². The van der Waals surface area contributed by atoms with Crippen molar-refractivity contribution in [3.05, 3.63) is 36.9 Å². The summed E-state index contributed by atoms with van der Waals surface area (Å²) in [5, 5.41) is 5.92. The predicted octanol–water partition coefficient (Wildman–Crippen LogP) is 2.60. The molecule has 0 spiro atoms. The number of nitrogens with zero attached hydrogens (tertiary/aromatic N) is 4. The van der Waals surface area contributed by atoms with Crippen LogP contribution >= 0.6 is 0 Å². The van der Waals surface area contributed by atoms with Crippen LogP contribution in [0.4, 0.5) is 11.5 Å². The lowest BCUT2D eigenvalue weighted by atomic mass is 10.1. The van der Waals surface area contributed by atoms with Crippen LogP contribution < -0.4 is 10.6 Å². The average Bonchev–Trinajstić information content (AvgIpc) is 2.96. The molecule has 2 aromatic heterocycles. The first-order valence-corrected chi connectivity index (χ1v) is 7.71. The van der Waals surface area contributed by atoms with Gasteiger partial charge < -0.3 is 10.6 Å². The number of aromatic nitrogens is 4. The fourth-order valence-electron chi connectivity index (χ4n) is 2.35.